The maximum Gasteiger partial charge on any atom is 0.354 e. The summed E-state index contributed by atoms with van der Waals surface area (Å²) in [7, 11) is 0. The molecule has 0 saturated heterocycles. The third-order valence-electron chi connectivity index (χ3n) is 2.06. The fraction of sp³-hybridized carbons (Fsp3) is 0.100. The fourth-order valence-corrected chi connectivity index (χ4v) is 1.77. The second kappa shape index (κ2) is 3.01. The first-order chi connectivity index (χ1) is 5.79. The van der Waals surface area contributed by atoms with E-state index in [9.17, 15) is 0 Å². The van der Waals surface area contributed by atoms with E-state index in [4.69, 9.17) is 0 Å². The molecule has 1 aromatic heterocycles. The first kappa shape index (κ1) is 7.98. The van der Waals surface area contributed by atoms with Crippen molar-refractivity contribution in [2.45, 2.75) is 6.92 Å². The molecule has 2 heteroatoms. The molecule has 0 fully saturated rings. The van der Waals surface area contributed by atoms with Crippen LogP contribution in [0.3, 0.4) is 0 Å². The van der Waals surface area contributed by atoms with Crippen LogP contribution < -0.4 is 2.78 Å². The molecule has 1 aromatic carbocycles. The zero-order chi connectivity index (χ0) is 8.55. The molecule has 0 saturated carbocycles. The Hall–Kier alpha value is -0.640. The van der Waals surface area contributed by atoms with Gasteiger partial charge in [0.15, 0.2) is 11.9 Å². The van der Waals surface area contributed by atoms with Crippen LogP contribution in [0.4, 0.5) is 0 Å². The van der Waals surface area contributed by atoms with Crippen molar-refractivity contribution in [3.63, 3.8) is 0 Å². The van der Waals surface area contributed by atoms with Gasteiger partial charge in [0.2, 0.25) is 0 Å². The number of aromatic nitrogens is 1. The molecule has 1 heterocycles. The molecule has 2 aromatic rings. The van der Waals surface area contributed by atoms with Crippen LogP contribution in [0, 0.1) is 6.92 Å². The summed E-state index contributed by atoms with van der Waals surface area (Å²) >= 11 is 2.29. The van der Waals surface area contributed by atoms with Gasteiger partial charge >= 0.3 is 22.9 Å². The Kier molecular flexibility index (Phi) is 2.00. The molecule has 0 atom stereocenters. The smallest absolute Gasteiger partial charge is 0.140 e. The number of hydrogen-bond acceptors (Lipinski definition) is 0. The Balaban J connectivity index is 2.91. The maximum absolute atomic E-state index is 2.29. The van der Waals surface area contributed by atoms with Gasteiger partial charge in [-0.3, -0.25) is 0 Å². The first-order valence-corrected chi connectivity index (χ1v) is 4.82. The van der Waals surface area contributed by atoms with Gasteiger partial charge in [-0.1, -0.05) is 18.2 Å². The minimum Gasteiger partial charge on any atom is -0.140 e. The summed E-state index contributed by atoms with van der Waals surface area (Å²) in [6.45, 7) is 2.13. The van der Waals surface area contributed by atoms with Gasteiger partial charge in [0, 0.05) is 18.4 Å². The summed E-state index contributed by atoms with van der Waals surface area (Å²) in [6.07, 6.45) is 2.08. The lowest BCUT2D eigenvalue weighted by Gasteiger charge is -1.96. The summed E-state index contributed by atoms with van der Waals surface area (Å²) in [4.78, 5) is 0. The highest BCUT2D eigenvalue weighted by atomic mass is 127. The predicted octanol–water partition coefficient (Wildman–Crippen LogP) is 2.63. The van der Waals surface area contributed by atoms with Crippen molar-refractivity contribution in [1.29, 1.82) is 0 Å². The van der Waals surface area contributed by atoms with Gasteiger partial charge in [-0.25, -0.2) is 0 Å². The number of benzene rings is 1. The lowest BCUT2D eigenvalue weighted by atomic mass is 10.1. The normalized spacial score (nSPS) is 10.5. The largest absolute Gasteiger partial charge is 0.354 e. The average Bonchev–Trinajstić information content (AvgIpc) is 2.12. The second-order valence-corrected chi connectivity index (χ2v) is 3.84. The van der Waals surface area contributed by atoms with Gasteiger partial charge < -0.3 is 0 Å². The topological polar surface area (TPSA) is 3.88 Å². The van der Waals surface area contributed by atoms with Gasteiger partial charge in [-0.2, -0.15) is 0 Å². The Morgan fingerprint density at radius 1 is 1.17 bits per heavy atom. The standard InChI is InChI=1S/C10H9IN/c1-8-10-5-3-2-4-9(10)6-7-12(8)11/h2-7H,1H3/q+1. The third-order valence-corrected chi connectivity index (χ3v) is 3.10. The van der Waals surface area contributed by atoms with Crippen LogP contribution in [0.15, 0.2) is 36.5 Å². The van der Waals surface area contributed by atoms with Crippen LogP contribution in [0.25, 0.3) is 10.8 Å². The molecule has 0 aliphatic heterocycles. The molecule has 12 heavy (non-hydrogen) atoms. The summed E-state index contributed by atoms with van der Waals surface area (Å²) in [6, 6.07) is 10.6. The lowest BCUT2D eigenvalue weighted by Crippen LogP contribution is -2.22. The van der Waals surface area contributed by atoms with Crippen molar-refractivity contribution in [2.75, 3.05) is 0 Å². The quantitative estimate of drug-likeness (QED) is 0.648. The third kappa shape index (κ3) is 1.20. The number of halogens is 1. The zero-order valence-electron chi connectivity index (χ0n) is 6.79. The fourth-order valence-electron chi connectivity index (χ4n) is 1.34. The zero-order valence-corrected chi connectivity index (χ0v) is 8.95. The van der Waals surface area contributed by atoms with E-state index < -0.39 is 0 Å². The number of nitrogens with zero attached hydrogens (tertiary/aromatic N) is 1. The van der Waals surface area contributed by atoms with Crippen LogP contribution in [0.2, 0.25) is 0 Å². The van der Waals surface area contributed by atoms with Gasteiger partial charge in [0.25, 0.3) is 0 Å². The van der Waals surface area contributed by atoms with Crippen LogP contribution >= 0.6 is 22.9 Å². The molecule has 0 unspecified atom stereocenters. The number of hydrogen-bond donors (Lipinski definition) is 0. The molecule has 60 valence electrons. The van der Waals surface area contributed by atoms with Crippen molar-refractivity contribution in [3.8, 4) is 0 Å². The van der Waals surface area contributed by atoms with E-state index in [-0.39, 0.29) is 0 Å². The monoisotopic (exact) mass is 270 g/mol. The van der Waals surface area contributed by atoms with E-state index in [2.05, 4.69) is 69.1 Å². The Bertz CT molecular complexity index is 423. The molecular weight excluding hydrogens is 261 g/mol. The summed E-state index contributed by atoms with van der Waals surface area (Å²) in [5.41, 5.74) is 1.30. The van der Waals surface area contributed by atoms with E-state index in [1.165, 1.54) is 16.5 Å². The highest BCUT2D eigenvalue weighted by molar-refractivity contribution is 14.1. The summed E-state index contributed by atoms with van der Waals surface area (Å²) < 4.78 is 2.11. The minimum absolute atomic E-state index is 1.30. The molecule has 0 amide bonds. The Morgan fingerprint density at radius 2 is 1.92 bits per heavy atom. The van der Waals surface area contributed by atoms with Gasteiger partial charge in [0.05, 0.1) is 0 Å². The molecule has 1 nitrogen and oxygen atoms in total. The number of fused-ring (bicyclic) bond motifs is 1. The van der Waals surface area contributed by atoms with Gasteiger partial charge in [-0.15, -0.1) is 2.78 Å². The lowest BCUT2D eigenvalue weighted by molar-refractivity contribution is -0.446. The highest BCUT2D eigenvalue weighted by Crippen LogP contribution is 2.14. The molecular formula is C10H9IN+. The Morgan fingerprint density at radius 3 is 2.75 bits per heavy atom. The van der Waals surface area contributed by atoms with E-state index in [0.29, 0.717) is 0 Å². The van der Waals surface area contributed by atoms with Crippen LogP contribution in [-0.2, 0) is 0 Å². The van der Waals surface area contributed by atoms with Gasteiger partial charge in [0.1, 0.15) is 0 Å². The molecule has 0 aliphatic rings. The van der Waals surface area contributed by atoms with Crippen molar-refractivity contribution in [2.24, 2.45) is 0 Å². The van der Waals surface area contributed by atoms with Crippen LogP contribution in [0.1, 0.15) is 5.69 Å². The summed E-state index contributed by atoms with van der Waals surface area (Å²) in [5, 5.41) is 2.64. The molecule has 0 bridgehead atoms. The van der Waals surface area contributed by atoms with Crippen LogP contribution in [0.5, 0.6) is 0 Å². The van der Waals surface area contributed by atoms with Crippen molar-refractivity contribution >= 4 is 33.6 Å². The Labute approximate surface area is 85.5 Å². The number of rotatable bonds is 0. The molecule has 0 radical (unpaired) electrons. The van der Waals surface area contributed by atoms with E-state index >= 15 is 0 Å². The van der Waals surface area contributed by atoms with E-state index in [0.717, 1.165) is 0 Å². The maximum atomic E-state index is 2.29. The second-order valence-electron chi connectivity index (χ2n) is 2.80. The molecule has 0 N–H and O–H groups in total. The minimum atomic E-state index is 1.30. The average molecular weight is 270 g/mol. The summed E-state index contributed by atoms with van der Waals surface area (Å²) in [5.74, 6) is 0. The van der Waals surface area contributed by atoms with E-state index in [1.807, 2.05) is 0 Å². The SMILES string of the molecule is Cc1c2ccccc2cc[n+]1I. The first-order valence-electron chi connectivity index (χ1n) is 3.85. The predicted molar refractivity (Wildman–Crippen MR) is 58.3 cm³/mol. The molecule has 0 aliphatic carbocycles. The highest BCUT2D eigenvalue weighted by Gasteiger charge is 2.06. The van der Waals surface area contributed by atoms with Crippen molar-refractivity contribution in [3.05, 3.63) is 42.2 Å². The van der Waals surface area contributed by atoms with E-state index in [1.54, 1.807) is 0 Å². The van der Waals surface area contributed by atoms with Crippen molar-refractivity contribution < 1.29 is 2.78 Å². The number of pyridine rings is 1. The van der Waals surface area contributed by atoms with Crippen molar-refractivity contribution in [1.82, 2.24) is 0 Å². The van der Waals surface area contributed by atoms with Crippen LogP contribution in [-0.4, -0.2) is 0 Å². The molecule has 0 spiro atoms. The number of aryl methyl sites for hydroxylation is 1. The molecule has 2 rings (SSSR count). The van der Waals surface area contributed by atoms with Gasteiger partial charge in [-0.05, 0) is 11.5 Å².